The molecule has 3 aromatic rings. The predicted octanol–water partition coefficient (Wildman–Crippen LogP) is 4.47. The molecular formula is C19H20N2O2. The SMILES string of the molecule is CC(C)c1nc2ccccc2n1C(C)c1ccc(C(=O)O)cc1. The van der Waals surface area contributed by atoms with Crippen LogP contribution in [0.2, 0.25) is 0 Å². The molecule has 0 amide bonds. The van der Waals surface area contributed by atoms with E-state index in [2.05, 4.69) is 31.4 Å². The minimum Gasteiger partial charge on any atom is -0.478 e. The average Bonchev–Trinajstić information content (AvgIpc) is 2.94. The number of nitrogens with zero attached hydrogens (tertiary/aromatic N) is 2. The summed E-state index contributed by atoms with van der Waals surface area (Å²) in [4.78, 5) is 15.8. The van der Waals surface area contributed by atoms with E-state index < -0.39 is 5.97 Å². The Hall–Kier alpha value is -2.62. The third kappa shape index (κ3) is 2.72. The molecule has 0 aliphatic rings. The topological polar surface area (TPSA) is 55.1 Å². The van der Waals surface area contributed by atoms with E-state index in [0.29, 0.717) is 11.5 Å². The van der Waals surface area contributed by atoms with Crippen LogP contribution in [0.4, 0.5) is 0 Å². The van der Waals surface area contributed by atoms with E-state index in [9.17, 15) is 4.79 Å². The zero-order chi connectivity index (χ0) is 16.6. The van der Waals surface area contributed by atoms with E-state index in [1.807, 2.05) is 30.3 Å². The first-order valence-corrected chi connectivity index (χ1v) is 7.79. The Kier molecular flexibility index (Phi) is 3.90. The monoisotopic (exact) mass is 308 g/mol. The highest BCUT2D eigenvalue weighted by Gasteiger charge is 2.19. The predicted molar refractivity (Wildman–Crippen MR) is 91.0 cm³/mol. The molecule has 0 aliphatic heterocycles. The third-order valence-corrected chi connectivity index (χ3v) is 4.17. The number of aromatic nitrogens is 2. The van der Waals surface area contributed by atoms with Gasteiger partial charge in [0.15, 0.2) is 0 Å². The van der Waals surface area contributed by atoms with Gasteiger partial charge >= 0.3 is 5.97 Å². The van der Waals surface area contributed by atoms with Gasteiger partial charge in [-0.15, -0.1) is 0 Å². The summed E-state index contributed by atoms with van der Waals surface area (Å²) in [6.07, 6.45) is 0. The molecule has 0 bridgehead atoms. The summed E-state index contributed by atoms with van der Waals surface area (Å²) in [7, 11) is 0. The fourth-order valence-corrected chi connectivity index (χ4v) is 2.93. The lowest BCUT2D eigenvalue weighted by Crippen LogP contribution is -2.12. The lowest BCUT2D eigenvalue weighted by Gasteiger charge is -2.20. The van der Waals surface area contributed by atoms with Crippen LogP contribution in [0.1, 0.15) is 54.5 Å². The van der Waals surface area contributed by atoms with Gasteiger partial charge in [0.2, 0.25) is 0 Å². The minimum absolute atomic E-state index is 0.0858. The second-order valence-electron chi connectivity index (χ2n) is 6.09. The number of hydrogen-bond acceptors (Lipinski definition) is 2. The Morgan fingerprint density at radius 3 is 2.30 bits per heavy atom. The summed E-state index contributed by atoms with van der Waals surface area (Å²) in [5.41, 5.74) is 3.47. The molecule has 0 aliphatic carbocycles. The molecule has 0 spiro atoms. The van der Waals surface area contributed by atoms with Gasteiger partial charge in [-0.2, -0.15) is 0 Å². The van der Waals surface area contributed by atoms with Crippen molar-refractivity contribution in [2.75, 3.05) is 0 Å². The first-order chi connectivity index (χ1) is 11.0. The van der Waals surface area contributed by atoms with Crippen LogP contribution in [0.25, 0.3) is 11.0 Å². The van der Waals surface area contributed by atoms with Gasteiger partial charge in [0.05, 0.1) is 22.6 Å². The Labute approximate surface area is 135 Å². The van der Waals surface area contributed by atoms with Crippen LogP contribution >= 0.6 is 0 Å². The normalized spacial score (nSPS) is 12.7. The molecule has 0 saturated carbocycles. The zero-order valence-electron chi connectivity index (χ0n) is 13.5. The van der Waals surface area contributed by atoms with E-state index in [1.54, 1.807) is 12.1 Å². The first-order valence-electron chi connectivity index (χ1n) is 7.79. The maximum absolute atomic E-state index is 11.0. The van der Waals surface area contributed by atoms with E-state index in [-0.39, 0.29) is 6.04 Å². The molecule has 4 heteroatoms. The summed E-state index contributed by atoms with van der Waals surface area (Å²) < 4.78 is 2.25. The van der Waals surface area contributed by atoms with Crippen LogP contribution in [0.5, 0.6) is 0 Å². The molecule has 4 nitrogen and oxygen atoms in total. The average molecular weight is 308 g/mol. The Morgan fingerprint density at radius 2 is 1.70 bits per heavy atom. The maximum atomic E-state index is 11.0. The van der Waals surface area contributed by atoms with Crippen molar-refractivity contribution in [3.05, 3.63) is 65.5 Å². The molecule has 0 radical (unpaired) electrons. The van der Waals surface area contributed by atoms with Crippen molar-refractivity contribution in [1.29, 1.82) is 0 Å². The summed E-state index contributed by atoms with van der Waals surface area (Å²) in [6.45, 7) is 6.39. The van der Waals surface area contributed by atoms with Crippen molar-refractivity contribution >= 4 is 17.0 Å². The minimum atomic E-state index is -0.903. The lowest BCUT2D eigenvalue weighted by molar-refractivity contribution is 0.0697. The highest BCUT2D eigenvalue weighted by Crippen LogP contribution is 2.29. The van der Waals surface area contributed by atoms with Gasteiger partial charge in [-0.05, 0) is 36.8 Å². The van der Waals surface area contributed by atoms with Crippen molar-refractivity contribution in [1.82, 2.24) is 9.55 Å². The zero-order valence-corrected chi connectivity index (χ0v) is 13.5. The third-order valence-electron chi connectivity index (χ3n) is 4.17. The van der Waals surface area contributed by atoms with Gasteiger partial charge in [0.1, 0.15) is 5.82 Å². The van der Waals surface area contributed by atoms with Crippen molar-refractivity contribution in [2.45, 2.75) is 32.7 Å². The molecule has 1 N–H and O–H groups in total. The number of fused-ring (bicyclic) bond motifs is 1. The molecule has 1 heterocycles. The Morgan fingerprint density at radius 1 is 1.04 bits per heavy atom. The number of imidazole rings is 1. The van der Waals surface area contributed by atoms with Crippen LogP contribution in [0.15, 0.2) is 48.5 Å². The largest absolute Gasteiger partial charge is 0.478 e. The Balaban J connectivity index is 2.11. The molecule has 118 valence electrons. The summed E-state index contributed by atoms with van der Waals surface area (Å²) >= 11 is 0. The number of hydrogen-bond donors (Lipinski definition) is 1. The molecule has 0 fully saturated rings. The number of aromatic carboxylic acids is 1. The van der Waals surface area contributed by atoms with Crippen molar-refractivity contribution in [3.63, 3.8) is 0 Å². The number of para-hydroxylation sites is 2. The van der Waals surface area contributed by atoms with Gasteiger partial charge in [0, 0.05) is 5.92 Å². The van der Waals surface area contributed by atoms with E-state index in [0.717, 1.165) is 22.4 Å². The van der Waals surface area contributed by atoms with E-state index in [1.165, 1.54) is 0 Å². The molecule has 1 atom stereocenters. The summed E-state index contributed by atoms with van der Waals surface area (Å²) in [5, 5.41) is 9.04. The lowest BCUT2D eigenvalue weighted by atomic mass is 10.0. The highest BCUT2D eigenvalue weighted by atomic mass is 16.4. The van der Waals surface area contributed by atoms with Crippen LogP contribution in [0.3, 0.4) is 0 Å². The number of carbonyl (C=O) groups is 1. The molecule has 1 unspecified atom stereocenters. The quantitative estimate of drug-likeness (QED) is 0.773. The second kappa shape index (κ2) is 5.88. The van der Waals surface area contributed by atoms with Crippen molar-refractivity contribution < 1.29 is 9.90 Å². The van der Waals surface area contributed by atoms with Crippen LogP contribution in [0, 0.1) is 0 Å². The number of rotatable bonds is 4. The first kappa shape index (κ1) is 15.3. The highest BCUT2D eigenvalue weighted by molar-refractivity contribution is 5.87. The fraction of sp³-hybridized carbons (Fsp3) is 0.263. The molecular weight excluding hydrogens is 288 g/mol. The fourth-order valence-electron chi connectivity index (χ4n) is 2.93. The summed E-state index contributed by atoms with van der Waals surface area (Å²) in [6, 6.07) is 15.3. The van der Waals surface area contributed by atoms with Gasteiger partial charge in [-0.3, -0.25) is 0 Å². The molecule has 23 heavy (non-hydrogen) atoms. The van der Waals surface area contributed by atoms with Gasteiger partial charge < -0.3 is 9.67 Å². The van der Waals surface area contributed by atoms with Crippen LogP contribution in [-0.4, -0.2) is 20.6 Å². The van der Waals surface area contributed by atoms with Crippen LogP contribution in [-0.2, 0) is 0 Å². The molecule has 2 aromatic carbocycles. The van der Waals surface area contributed by atoms with E-state index >= 15 is 0 Å². The van der Waals surface area contributed by atoms with Gasteiger partial charge in [0.25, 0.3) is 0 Å². The number of carboxylic acids is 1. The number of carboxylic acid groups (broad SMARTS) is 1. The van der Waals surface area contributed by atoms with Gasteiger partial charge in [-0.25, -0.2) is 9.78 Å². The molecule has 0 saturated heterocycles. The number of benzene rings is 2. The Bertz CT molecular complexity index is 847. The second-order valence-corrected chi connectivity index (χ2v) is 6.09. The maximum Gasteiger partial charge on any atom is 0.335 e. The standard InChI is InChI=1S/C19H20N2O2/c1-12(2)18-20-16-6-4-5-7-17(16)21(18)13(3)14-8-10-15(11-9-14)19(22)23/h4-13H,1-3H3,(H,22,23). The summed E-state index contributed by atoms with van der Waals surface area (Å²) in [5.74, 6) is 0.448. The van der Waals surface area contributed by atoms with E-state index in [4.69, 9.17) is 10.1 Å². The van der Waals surface area contributed by atoms with Crippen molar-refractivity contribution in [3.8, 4) is 0 Å². The smallest absolute Gasteiger partial charge is 0.335 e. The molecule has 1 aromatic heterocycles. The van der Waals surface area contributed by atoms with Gasteiger partial charge in [-0.1, -0.05) is 38.1 Å². The van der Waals surface area contributed by atoms with Crippen molar-refractivity contribution in [2.24, 2.45) is 0 Å². The molecule has 3 rings (SSSR count). The van der Waals surface area contributed by atoms with Crippen LogP contribution < -0.4 is 0 Å².